The van der Waals surface area contributed by atoms with Crippen LogP contribution in [0.25, 0.3) is 0 Å². The van der Waals surface area contributed by atoms with Crippen LogP contribution in [0.15, 0.2) is 12.3 Å². The molecule has 1 unspecified atom stereocenters. The van der Waals surface area contributed by atoms with Crippen LogP contribution in [0.4, 0.5) is 0 Å². The molecule has 4 heteroatoms. The van der Waals surface area contributed by atoms with E-state index in [1.165, 1.54) is 0 Å². The number of nitrogens with zero attached hydrogens (tertiary/aromatic N) is 2. The highest BCUT2D eigenvalue weighted by molar-refractivity contribution is 5.87. The first-order valence-electron chi connectivity index (χ1n) is 4.43. The zero-order valence-electron chi connectivity index (χ0n) is 8.19. The maximum atomic E-state index is 10.2. The lowest BCUT2D eigenvalue weighted by atomic mass is 10.3. The van der Waals surface area contributed by atoms with Gasteiger partial charge in [-0.25, -0.2) is 4.79 Å². The summed E-state index contributed by atoms with van der Waals surface area (Å²) in [5.74, 6) is 3.35. The molecule has 0 aliphatic heterocycles. The fraction of sp³-hybridized carbons (Fsp3) is 0.400. The van der Waals surface area contributed by atoms with E-state index in [1.807, 2.05) is 12.8 Å². The molecule has 74 valence electrons. The van der Waals surface area contributed by atoms with E-state index in [-0.39, 0.29) is 0 Å². The van der Waals surface area contributed by atoms with Gasteiger partial charge >= 0.3 is 5.97 Å². The van der Waals surface area contributed by atoms with Gasteiger partial charge in [-0.3, -0.25) is 4.68 Å². The molecule has 0 bridgehead atoms. The monoisotopic (exact) mass is 192 g/mol. The molecule has 1 aromatic heterocycles. The Morgan fingerprint density at radius 3 is 3.07 bits per heavy atom. The van der Waals surface area contributed by atoms with Gasteiger partial charge < -0.3 is 5.11 Å². The minimum Gasteiger partial charge on any atom is -0.472 e. The van der Waals surface area contributed by atoms with Crippen LogP contribution in [0.2, 0.25) is 0 Å². The normalized spacial score (nSPS) is 11.6. The molecule has 1 heterocycles. The maximum absolute atomic E-state index is 10.2. The lowest BCUT2D eigenvalue weighted by molar-refractivity contribution is -0.130. The van der Waals surface area contributed by atoms with Crippen molar-refractivity contribution in [2.75, 3.05) is 0 Å². The molecule has 0 saturated heterocycles. The van der Waals surface area contributed by atoms with Crippen LogP contribution in [-0.4, -0.2) is 20.9 Å². The van der Waals surface area contributed by atoms with Crippen LogP contribution < -0.4 is 0 Å². The third-order valence-corrected chi connectivity index (χ3v) is 1.95. The van der Waals surface area contributed by atoms with Crippen LogP contribution >= 0.6 is 0 Å². The third kappa shape index (κ3) is 2.63. The molecule has 1 N–H and O–H groups in total. The van der Waals surface area contributed by atoms with E-state index in [0.717, 1.165) is 6.42 Å². The van der Waals surface area contributed by atoms with Crippen LogP contribution in [0.5, 0.6) is 0 Å². The van der Waals surface area contributed by atoms with Gasteiger partial charge in [-0.05, 0) is 25.3 Å². The number of rotatable bonds is 2. The van der Waals surface area contributed by atoms with Crippen molar-refractivity contribution in [3.8, 4) is 11.8 Å². The highest BCUT2D eigenvalue weighted by Crippen LogP contribution is 2.08. The van der Waals surface area contributed by atoms with Gasteiger partial charge in [-0.2, -0.15) is 5.10 Å². The van der Waals surface area contributed by atoms with Gasteiger partial charge in [0.1, 0.15) is 5.69 Å². The van der Waals surface area contributed by atoms with Gasteiger partial charge in [0.2, 0.25) is 0 Å². The molecular weight excluding hydrogens is 180 g/mol. The first kappa shape index (κ1) is 10.3. The summed E-state index contributed by atoms with van der Waals surface area (Å²) in [4.78, 5) is 10.2. The Hall–Kier alpha value is -1.76. The van der Waals surface area contributed by atoms with E-state index in [0.29, 0.717) is 11.7 Å². The van der Waals surface area contributed by atoms with Gasteiger partial charge in [0.05, 0.1) is 0 Å². The maximum Gasteiger partial charge on any atom is 0.382 e. The number of hydrogen-bond acceptors (Lipinski definition) is 2. The molecular formula is C10H12N2O2. The average molecular weight is 192 g/mol. The number of aromatic nitrogens is 2. The molecule has 0 amide bonds. The first-order chi connectivity index (χ1) is 6.63. The summed E-state index contributed by atoms with van der Waals surface area (Å²) in [6, 6.07) is 2.03. The second-order valence-electron chi connectivity index (χ2n) is 2.99. The summed E-state index contributed by atoms with van der Waals surface area (Å²) in [6.07, 6.45) is 2.79. The topological polar surface area (TPSA) is 55.1 Å². The lowest BCUT2D eigenvalue weighted by Gasteiger charge is -2.07. The van der Waals surface area contributed by atoms with Gasteiger partial charge in [0.15, 0.2) is 0 Å². The third-order valence-electron chi connectivity index (χ3n) is 1.95. The molecule has 0 radical (unpaired) electrons. The van der Waals surface area contributed by atoms with E-state index in [1.54, 1.807) is 16.9 Å². The Kier molecular flexibility index (Phi) is 3.29. The molecule has 14 heavy (non-hydrogen) atoms. The van der Waals surface area contributed by atoms with Gasteiger partial charge in [-0.15, -0.1) is 0 Å². The number of hydrogen-bond donors (Lipinski definition) is 1. The van der Waals surface area contributed by atoms with Crippen LogP contribution in [0.1, 0.15) is 32.0 Å². The van der Waals surface area contributed by atoms with E-state index < -0.39 is 5.97 Å². The number of carbonyl (C=O) groups is 1. The van der Waals surface area contributed by atoms with E-state index in [4.69, 9.17) is 5.11 Å². The zero-order chi connectivity index (χ0) is 10.6. The molecule has 0 spiro atoms. The molecule has 0 saturated carbocycles. The van der Waals surface area contributed by atoms with Crippen LogP contribution in [0.3, 0.4) is 0 Å². The summed E-state index contributed by atoms with van der Waals surface area (Å²) in [5, 5.41) is 12.5. The second kappa shape index (κ2) is 4.47. The summed E-state index contributed by atoms with van der Waals surface area (Å²) in [7, 11) is 0. The molecule has 0 aliphatic rings. The first-order valence-corrected chi connectivity index (χ1v) is 4.43. The van der Waals surface area contributed by atoms with E-state index >= 15 is 0 Å². The Morgan fingerprint density at radius 1 is 1.79 bits per heavy atom. The van der Waals surface area contributed by atoms with Crippen molar-refractivity contribution < 1.29 is 9.90 Å². The molecule has 0 aromatic carbocycles. The van der Waals surface area contributed by atoms with Crippen molar-refractivity contribution >= 4 is 5.97 Å². The fourth-order valence-corrected chi connectivity index (χ4v) is 0.955. The van der Waals surface area contributed by atoms with Crippen molar-refractivity contribution in [3.05, 3.63) is 18.0 Å². The summed E-state index contributed by atoms with van der Waals surface area (Å²) < 4.78 is 1.78. The molecule has 1 aromatic rings. The number of carboxylic acid groups (broad SMARTS) is 1. The molecule has 0 fully saturated rings. The predicted octanol–water partition coefficient (Wildman–Crippen LogP) is 1.29. The number of carboxylic acids is 1. The molecule has 0 aliphatic carbocycles. The van der Waals surface area contributed by atoms with Gasteiger partial charge in [-0.1, -0.05) is 6.92 Å². The van der Waals surface area contributed by atoms with Crippen LogP contribution in [-0.2, 0) is 4.79 Å². The van der Waals surface area contributed by atoms with Gasteiger partial charge in [0.25, 0.3) is 0 Å². The average Bonchev–Trinajstić information content (AvgIpc) is 2.62. The van der Waals surface area contributed by atoms with E-state index in [9.17, 15) is 4.79 Å². The SMILES string of the molecule is CCC(C)n1ccc(C#CC(=O)O)n1. The molecule has 4 nitrogen and oxygen atoms in total. The van der Waals surface area contributed by atoms with Crippen molar-refractivity contribution in [2.24, 2.45) is 0 Å². The Bertz CT molecular complexity index is 384. The Labute approximate surface area is 82.5 Å². The predicted molar refractivity (Wildman–Crippen MR) is 51.7 cm³/mol. The summed E-state index contributed by atoms with van der Waals surface area (Å²) in [5.41, 5.74) is 0.493. The van der Waals surface area contributed by atoms with Crippen molar-refractivity contribution in [1.82, 2.24) is 9.78 Å². The highest BCUT2D eigenvalue weighted by Gasteiger charge is 2.02. The smallest absolute Gasteiger partial charge is 0.382 e. The van der Waals surface area contributed by atoms with Gasteiger partial charge in [0, 0.05) is 18.2 Å². The van der Waals surface area contributed by atoms with Crippen molar-refractivity contribution in [3.63, 3.8) is 0 Å². The minimum atomic E-state index is -1.14. The highest BCUT2D eigenvalue weighted by atomic mass is 16.4. The Morgan fingerprint density at radius 2 is 2.50 bits per heavy atom. The largest absolute Gasteiger partial charge is 0.472 e. The van der Waals surface area contributed by atoms with E-state index in [2.05, 4.69) is 17.9 Å². The lowest BCUT2D eigenvalue weighted by Crippen LogP contribution is -2.04. The quantitative estimate of drug-likeness (QED) is 0.718. The minimum absolute atomic E-state index is 0.315. The number of aliphatic carboxylic acids is 1. The van der Waals surface area contributed by atoms with Crippen molar-refractivity contribution in [1.29, 1.82) is 0 Å². The Balaban J connectivity index is 2.80. The van der Waals surface area contributed by atoms with Crippen molar-refractivity contribution in [2.45, 2.75) is 26.3 Å². The zero-order valence-corrected chi connectivity index (χ0v) is 8.19. The second-order valence-corrected chi connectivity index (χ2v) is 2.99. The fourth-order valence-electron chi connectivity index (χ4n) is 0.955. The standard InChI is InChI=1S/C10H12N2O2/c1-3-8(2)12-7-6-9(11-12)4-5-10(13)14/h6-8H,3H2,1-2H3,(H,13,14). The molecule has 1 rings (SSSR count). The molecule has 1 atom stereocenters. The van der Waals surface area contributed by atoms with Crippen LogP contribution in [0, 0.1) is 11.8 Å². The summed E-state index contributed by atoms with van der Waals surface area (Å²) in [6.45, 7) is 4.11. The summed E-state index contributed by atoms with van der Waals surface area (Å²) >= 11 is 0.